The number of rotatable bonds is 6. The lowest BCUT2D eigenvalue weighted by atomic mass is 10.1. The first kappa shape index (κ1) is 21.3. The first-order valence-corrected chi connectivity index (χ1v) is 9.06. The number of aliphatic imine (C=N–C) groups is 1. The summed E-state index contributed by atoms with van der Waals surface area (Å²) < 4.78 is 0. The highest BCUT2D eigenvalue weighted by Crippen LogP contribution is 2.27. The lowest BCUT2D eigenvalue weighted by Crippen LogP contribution is -2.43. The van der Waals surface area contributed by atoms with Gasteiger partial charge < -0.3 is 16.0 Å². The Morgan fingerprint density at radius 1 is 1.29 bits per heavy atom. The molecular weight excluding hydrogens is 395 g/mol. The lowest BCUT2D eigenvalue weighted by molar-refractivity contribution is 0.432. The van der Waals surface area contributed by atoms with Crippen LogP contribution in [-0.4, -0.2) is 48.7 Å². The second-order valence-corrected chi connectivity index (χ2v) is 7.59. The van der Waals surface area contributed by atoms with Crippen LogP contribution in [0.15, 0.2) is 4.99 Å². The highest BCUT2D eigenvalue weighted by atomic mass is 127. The predicted octanol–water partition coefficient (Wildman–Crippen LogP) is 2.83. The number of halogens is 1. The maximum Gasteiger partial charge on any atom is 0.191 e. The summed E-state index contributed by atoms with van der Waals surface area (Å²) in [6.07, 6.45) is 6.05. The zero-order valence-electron chi connectivity index (χ0n) is 14.2. The molecule has 126 valence electrons. The van der Waals surface area contributed by atoms with E-state index in [4.69, 9.17) is 0 Å². The molecule has 1 fully saturated rings. The largest absolute Gasteiger partial charge is 0.357 e. The first-order chi connectivity index (χ1) is 9.44. The van der Waals surface area contributed by atoms with E-state index in [1.807, 2.05) is 11.8 Å². The quantitative estimate of drug-likeness (QED) is 0.264. The van der Waals surface area contributed by atoms with Gasteiger partial charge in [0.05, 0.1) is 6.54 Å². The number of hydrogen-bond acceptors (Lipinski definition) is 3. The fraction of sp³-hybridized carbons (Fsp3) is 0.933. The van der Waals surface area contributed by atoms with E-state index < -0.39 is 0 Å². The minimum absolute atomic E-state index is 0. The van der Waals surface area contributed by atoms with Crippen LogP contribution in [0.5, 0.6) is 0 Å². The Morgan fingerprint density at radius 2 is 2.00 bits per heavy atom. The summed E-state index contributed by atoms with van der Waals surface area (Å²) in [5.74, 6) is 0.968. The smallest absolute Gasteiger partial charge is 0.191 e. The van der Waals surface area contributed by atoms with Crippen molar-refractivity contribution >= 4 is 41.7 Å². The Hall–Kier alpha value is 0.310. The minimum Gasteiger partial charge on any atom is -0.357 e. The number of thioether (sulfide) groups is 1. The summed E-state index contributed by atoms with van der Waals surface area (Å²) in [4.78, 5) is 4.66. The summed E-state index contributed by atoms with van der Waals surface area (Å²) in [5.41, 5.74) is 0.165. The van der Waals surface area contributed by atoms with E-state index in [2.05, 4.69) is 54.9 Å². The molecule has 1 aliphatic carbocycles. The molecule has 0 aromatic heterocycles. The molecule has 0 aromatic carbocycles. The first-order valence-electron chi connectivity index (χ1n) is 7.77. The Kier molecular flexibility index (Phi) is 11.1. The summed E-state index contributed by atoms with van der Waals surface area (Å²) in [5, 5.41) is 11.2. The molecule has 21 heavy (non-hydrogen) atoms. The summed E-state index contributed by atoms with van der Waals surface area (Å²) in [7, 11) is 0. The van der Waals surface area contributed by atoms with Crippen molar-refractivity contribution in [1.29, 1.82) is 0 Å². The van der Waals surface area contributed by atoms with E-state index in [0.717, 1.165) is 30.8 Å². The topological polar surface area (TPSA) is 48.5 Å². The van der Waals surface area contributed by atoms with Gasteiger partial charge in [-0.25, -0.2) is 0 Å². The van der Waals surface area contributed by atoms with Gasteiger partial charge in [-0.15, -0.1) is 24.0 Å². The average molecular weight is 428 g/mol. The molecule has 0 aliphatic heterocycles. The summed E-state index contributed by atoms with van der Waals surface area (Å²) in [6.45, 7) is 11.3. The normalized spacial score (nSPS) is 22.8. The van der Waals surface area contributed by atoms with Crippen molar-refractivity contribution in [3.63, 3.8) is 0 Å². The molecule has 0 aromatic rings. The zero-order chi connectivity index (χ0) is 15.0. The molecule has 1 aliphatic rings. The molecule has 0 heterocycles. The van der Waals surface area contributed by atoms with Crippen molar-refractivity contribution in [1.82, 2.24) is 16.0 Å². The number of nitrogens with zero attached hydrogens (tertiary/aromatic N) is 1. The van der Waals surface area contributed by atoms with Gasteiger partial charge in [0.15, 0.2) is 5.96 Å². The third-order valence-electron chi connectivity index (χ3n) is 3.44. The standard InChI is InChI=1S/C15H32N4S.HI/c1-6-16-14(17-9-10-18-15(2,3)4)19-12-7-8-13(11-12)20-5;/h12-13,18H,6-11H2,1-5H3,(H2,16,17,19);1H. The number of guanidine groups is 1. The maximum atomic E-state index is 4.66. The predicted molar refractivity (Wildman–Crippen MR) is 107 cm³/mol. The highest BCUT2D eigenvalue weighted by molar-refractivity contribution is 14.0. The van der Waals surface area contributed by atoms with E-state index in [-0.39, 0.29) is 29.5 Å². The molecule has 0 saturated heterocycles. The Balaban J connectivity index is 0.00000400. The van der Waals surface area contributed by atoms with Crippen molar-refractivity contribution in [3.8, 4) is 0 Å². The van der Waals surface area contributed by atoms with E-state index >= 15 is 0 Å². The second kappa shape index (κ2) is 10.9. The van der Waals surface area contributed by atoms with Crippen LogP contribution in [0.25, 0.3) is 0 Å². The Morgan fingerprint density at radius 3 is 2.52 bits per heavy atom. The second-order valence-electron chi connectivity index (χ2n) is 6.45. The van der Waals surface area contributed by atoms with E-state index in [1.54, 1.807) is 0 Å². The molecule has 0 radical (unpaired) electrons. The van der Waals surface area contributed by atoms with Crippen molar-refractivity contribution in [3.05, 3.63) is 0 Å². The molecule has 4 nitrogen and oxygen atoms in total. The van der Waals surface area contributed by atoms with Gasteiger partial charge >= 0.3 is 0 Å². The van der Waals surface area contributed by atoms with Crippen LogP contribution in [0.1, 0.15) is 47.0 Å². The van der Waals surface area contributed by atoms with Gasteiger partial charge in [0, 0.05) is 29.9 Å². The molecule has 0 bridgehead atoms. The highest BCUT2D eigenvalue weighted by Gasteiger charge is 2.24. The van der Waals surface area contributed by atoms with E-state index in [9.17, 15) is 0 Å². The van der Waals surface area contributed by atoms with Gasteiger partial charge in [0.2, 0.25) is 0 Å². The molecule has 1 saturated carbocycles. The molecule has 2 atom stereocenters. The van der Waals surface area contributed by atoms with Gasteiger partial charge in [-0.3, -0.25) is 4.99 Å². The lowest BCUT2D eigenvalue weighted by Gasteiger charge is -2.20. The van der Waals surface area contributed by atoms with E-state index in [0.29, 0.717) is 6.04 Å². The van der Waals surface area contributed by atoms with Crippen LogP contribution in [0, 0.1) is 0 Å². The van der Waals surface area contributed by atoms with Crippen LogP contribution in [0.3, 0.4) is 0 Å². The molecule has 6 heteroatoms. The molecular formula is C15H33IN4S. The fourth-order valence-electron chi connectivity index (χ4n) is 2.40. The van der Waals surface area contributed by atoms with E-state index in [1.165, 1.54) is 19.3 Å². The van der Waals surface area contributed by atoms with Crippen LogP contribution in [0.2, 0.25) is 0 Å². The average Bonchev–Trinajstić information content (AvgIpc) is 2.81. The van der Waals surface area contributed by atoms with Crippen molar-refractivity contribution in [2.45, 2.75) is 63.8 Å². The molecule has 0 spiro atoms. The fourth-order valence-corrected chi connectivity index (χ4v) is 3.19. The maximum absolute atomic E-state index is 4.66. The van der Waals surface area contributed by atoms with Gasteiger partial charge in [0.1, 0.15) is 0 Å². The Bertz CT molecular complexity index is 305. The third-order valence-corrected chi connectivity index (χ3v) is 4.53. The number of nitrogens with one attached hydrogen (secondary N) is 3. The van der Waals surface area contributed by atoms with Crippen molar-refractivity contribution < 1.29 is 0 Å². The molecule has 1 rings (SSSR count). The van der Waals surface area contributed by atoms with Crippen LogP contribution >= 0.6 is 35.7 Å². The van der Waals surface area contributed by atoms with Crippen molar-refractivity contribution in [2.24, 2.45) is 4.99 Å². The van der Waals surface area contributed by atoms with Gasteiger partial charge in [-0.1, -0.05) is 0 Å². The summed E-state index contributed by atoms with van der Waals surface area (Å²) >= 11 is 1.99. The minimum atomic E-state index is 0. The molecule has 0 amide bonds. The molecule has 2 unspecified atom stereocenters. The monoisotopic (exact) mass is 428 g/mol. The SMILES string of the molecule is CCNC(=NCCNC(C)(C)C)NC1CCC(SC)C1.I. The van der Waals surface area contributed by atoms with Crippen LogP contribution in [-0.2, 0) is 0 Å². The van der Waals surface area contributed by atoms with Gasteiger partial charge in [-0.05, 0) is 53.2 Å². The third kappa shape index (κ3) is 9.84. The molecule has 3 N–H and O–H groups in total. The van der Waals surface area contributed by atoms with Crippen LogP contribution < -0.4 is 16.0 Å². The van der Waals surface area contributed by atoms with Gasteiger partial charge in [-0.2, -0.15) is 11.8 Å². The number of hydrogen-bond donors (Lipinski definition) is 3. The Labute approximate surface area is 152 Å². The summed E-state index contributed by atoms with van der Waals surface area (Å²) in [6, 6.07) is 0.584. The van der Waals surface area contributed by atoms with Gasteiger partial charge in [0.25, 0.3) is 0 Å². The van der Waals surface area contributed by atoms with Crippen molar-refractivity contribution in [2.75, 3.05) is 25.9 Å². The van der Waals surface area contributed by atoms with Crippen LogP contribution in [0.4, 0.5) is 0 Å². The zero-order valence-corrected chi connectivity index (χ0v) is 17.3.